The minimum Gasteiger partial charge on any atom is -0.489 e. The van der Waals surface area contributed by atoms with E-state index in [1.165, 1.54) is 0 Å². The van der Waals surface area contributed by atoms with Crippen LogP contribution >= 0.6 is 27.5 Å². The van der Waals surface area contributed by atoms with Crippen molar-refractivity contribution < 1.29 is 9.47 Å². The van der Waals surface area contributed by atoms with Gasteiger partial charge in [-0.25, -0.2) is 9.97 Å². The van der Waals surface area contributed by atoms with Gasteiger partial charge >= 0.3 is 0 Å². The molecule has 1 aliphatic rings. The molecule has 0 unspecified atom stereocenters. The standard InChI is InChI=1S/C14H12BrClN2O2/c1-8-5-12(16)18-14(17-8)9-6-10(15)13-11(7-9)19-3-2-4-20-13/h5-7H,2-4H2,1H3. The smallest absolute Gasteiger partial charge is 0.175 e. The molecule has 1 aliphatic heterocycles. The summed E-state index contributed by atoms with van der Waals surface area (Å²) in [7, 11) is 0. The van der Waals surface area contributed by atoms with Crippen molar-refractivity contribution in [2.75, 3.05) is 13.2 Å². The van der Waals surface area contributed by atoms with Crippen molar-refractivity contribution in [1.82, 2.24) is 9.97 Å². The molecule has 0 N–H and O–H groups in total. The fourth-order valence-corrected chi connectivity index (χ4v) is 2.81. The Labute approximate surface area is 130 Å². The number of hydrogen-bond acceptors (Lipinski definition) is 4. The van der Waals surface area contributed by atoms with Gasteiger partial charge < -0.3 is 9.47 Å². The number of aromatic nitrogens is 2. The van der Waals surface area contributed by atoms with Gasteiger partial charge in [0.15, 0.2) is 17.3 Å². The Morgan fingerprint density at radius 2 is 1.95 bits per heavy atom. The van der Waals surface area contributed by atoms with Crippen molar-refractivity contribution in [3.05, 3.63) is 33.5 Å². The SMILES string of the molecule is Cc1cc(Cl)nc(-c2cc(Br)c3c(c2)OCCCO3)n1. The Hall–Kier alpha value is -1.33. The second-order valence-corrected chi connectivity index (χ2v) is 5.73. The summed E-state index contributed by atoms with van der Waals surface area (Å²) in [5.74, 6) is 2.00. The summed E-state index contributed by atoms with van der Waals surface area (Å²) in [6.07, 6.45) is 0.864. The molecule has 1 aromatic carbocycles. The first-order valence-electron chi connectivity index (χ1n) is 6.24. The van der Waals surface area contributed by atoms with Crippen LogP contribution in [-0.2, 0) is 0 Å². The highest BCUT2D eigenvalue weighted by Crippen LogP contribution is 2.40. The lowest BCUT2D eigenvalue weighted by Gasteiger charge is -2.11. The normalized spacial score (nSPS) is 13.9. The summed E-state index contributed by atoms with van der Waals surface area (Å²) in [5, 5.41) is 0.427. The Kier molecular flexibility index (Phi) is 3.81. The fraction of sp³-hybridized carbons (Fsp3) is 0.286. The quantitative estimate of drug-likeness (QED) is 0.725. The molecule has 20 heavy (non-hydrogen) atoms. The van der Waals surface area contributed by atoms with Crippen molar-refractivity contribution in [2.24, 2.45) is 0 Å². The lowest BCUT2D eigenvalue weighted by Crippen LogP contribution is -1.97. The highest BCUT2D eigenvalue weighted by atomic mass is 79.9. The number of rotatable bonds is 1. The van der Waals surface area contributed by atoms with E-state index in [1.54, 1.807) is 6.07 Å². The molecule has 0 saturated heterocycles. The van der Waals surface area contributed by atoms with Gasteiger partial charge in [-0.15, -0.1) is 0 Å². The molecule has 104 valence electrons. The number of nitrogens with zero attached hydrogens (tertiary/aromatic N) is 2. The van der Waals surface area contributed by atoms with Crippen molar-refractivity contribution in [2.45, 2.75) is 13.3 Å². The molecule has 1 aromatic heterocycles. The van der Waals surface area contributed by atoms with Gasteiger partial charge in [0, 0.05) is 17.7 Å². The largest absolute Gasteiger partial charge is 0.489 e. The molecule has 4 nitrogen and oxygen atoms in total. The molecule has 0 atom stereocenters. The van der Waals surface area contributed by atoms with Crippen LogP contribution in [0.3, 0.4) is 0 Å². The number of fused-ring (bicyclic) bond motifs is 1. The van der Waals surface area contributed by atoms with Gasteiger partial charge in [0.1, 0.15) is 5.15 Å². The second kappa shape index (κ2) is 5.58. The minimum absolute atomic E-state index is 0.427. The maximum absolute atomic E-state index is 5.99. The first-order valence-corrected chi connectivity index (χ1v) is 7.41. The van der Waals surface area contributed by atoms with Crippen LogP contribution in [-0.4, -0.2) is 23.2 Å². The highest BCUT2D eigenvalue weighted by Gasteiger charge is 2.17. The van der Waals surface area contributed by atoms with Crippen LogP contribution in [0.1, 0.15) is 12.1 Å². The van der Waals surface area contributed by atoms with Gasteiger partial charge in [0.2, 0.25) is 0 Å². The molecule has 0 bridgehead atoms. The van der Waals surface area contributed by atoms with E-state index in [0.29, 0.717) is 29.9 Å². The van der Waals surface area contributed by atoms with E-state index in [2.05, 4.69) is 25.9 Å². The van der Waals surface area contributed by atoms with Crippen molar-refractivity contribution >= 4 is 27.5 Å². The lowest BCUT2D eigenvalue weighted by atomic mass is 10.2. The summed E-state index contributed by atoms with van der Waals surface area (Å²) < 4.78 is 12.2. The van der Waals surface area contributed by atoms with Gasteiger partial charge in [0.05, 0.1) is 17.7 Å². The van der Waals surface area contributed by atoms with Crippen LogP contribution in [0.15, 0.2) is 22.7 Å². The average molecular weight is 356 g/mol. The number of hydrogen-bond donors (Lipinski definition) is 0. The summed E-state index contributed by atoms with van der Waals surface area (Å²) in [6.45, 7) is 3.17. The molecule has 0 aliphatic carbocycles. The fourth-order valence-electron chi connectivity index (χ4n) is 2.02. The molecule has 6 heteroatoms. The molecule has 0 amide bonds. The number of benzene rings is 1. The van der Waals surface area contributed by atoms with Gasteiger partial charge in [-0.1, -0.05) is 11.6 Å². The summed E-state index contributed by atoms with van der Waals surface area (Å²) in [5.41, 5.74) is 1.66. The lowest BCUT2D eigenvalue weighted by molar-refractivity contribution is 0.296. The maximum Gasteiger partial charge on any atom is 0.175 e. The Morgan fingerprint density at radius 3 is 2.75 bits per heavy atom. The molecule has 0 fully saturated rings. The van der Waals surface area contributed by atoms with Gasteiger partial charge in [0.25, 0.3) is 0 Å². The van der Waals surface area contributed by atoms with E-state index < -0.39 is 0 Å². The molecule has 2 aromatic rings. The van der Waals surface area contributed by atoms with Gasteiger partial charge in [-0.3, -0.25) is 0 Å². The zero-order chi connectivity index (χ0) is 14.1. The molecular weight excluding hydrogens is 344 g/mol. The zero-order valence-electron chi connectivity index (χ0n) is 10.8. The topological polar surface area (TPSA) is 44.2 Å². The molecule has 2 heterocycles. The summed E-state index contributed by atoms with van der Waals surface area (Å²) >= 11 is 9.50. The molecule has 0 radical (unpaired) electrons. The number of ether oxygens (including phenoxy) is 2. The van der Waals surface area contributed by atoms with Crippen molar-refractivity contribution in [3.63, 3.8) is 0 Å². The summed E-state index contributed by atoms with van der Waals surface area (Å²) in [6, 6.07) is 5.53. The van der Waals surface area contributed by atoms with E-state index in [0.717, 1.165) is 27.9 Å². The number of halogens is 2. The Bertz CT molecular complexity index is 644. The monoisotopic (exact) mass is 354 g/mol. The van der Waals surface area contributed by atoms with Crippen LogP contribution in [0.25, 0.3) is 11.4 Å². The van der Waals surface area contributed by atoms with E-state index in [1.807, 2.05) is 19.1 Å². The summed E-state index contributed by atoms with van der Waals surface area (Å²) in [4.78, 5) is 8.66. The highest BCUT2D eigenvalue weighted by molar-refractivity contribution is 9.10. The van der Waals surface area contributed by atoms with Gasteiger partial charge in [-0.05, 0) is 41.1 Å². The van der Waals surface area contributed by atoms with Crippen LogP contribution in [0.2, 0.25) is 5.15 Å². The third kappa shape index (κ3) is 2.74. The molecular formula is C14H12BrClN2O2. The van der Waals surface area contributed by atoms with E-state index in [4.69, 9.17) is 21.1 Å². The third-order valence-corrected chi connectivity index (χ3v) is 3.67. The molecule has 0 saturated carbocycles. The van der Waals surface area contributed by atoms with E-state index in [9.17, 15) is 0 Å². The van der Waals surface area contributed by atoms with Crippen molar-refractivity contribution in [1.29, 1.82) is 0 Å². The second-order valence-electron chi connectivity index (χ2n) is 4.49. The first kappa shape index (κ1) is 13.6. The first-order chi connectivity index (χ1) is 9.63. The Morgan fingerprint density at radius 1 is 1.15 bits per heavy atom. The third-order valence-electron chi connectivity index (χ3n) is 2.88. The van der Waals surface area contributed by atoms with E-state index >= 15 is 0 Å². The zero-order valence-corrected chi connectivity index (χ0v) is 13.2. The van der Waals surface area contributed by atoms with Crippen LogP contribution < -0.4 is 9.47 Å². The van der Waals surface area contributed by atoms with Crippen molar-refractivity contribution in [3.8, 4) is 22.9 Å². The average Bonchev–Trinajstić information content (AvgIpc) is 2.63. The maximum atomic E-state index is 5.99. The number of aryl methyl sites for hydroxylation is 1. The predicted octanol–water partition coefficient (Wildman–Crippen LogP) is 4.03. The van der Waals surface area contributed by atoms with Crippen LogP contribution in [0.5, 0.6) is 11.5 Å². The molecule has 3 rings (SSSR count). The molecule has 0 spiro atoms. The predicted molar refractivity (Wildman–Crippen MR) is 80.5 cm³/mol. The van der Waals surface area contributed by atoms with Crippen LogP contribution in [0, 0.1) is 6.92 Å². The van der Waals surface area contributed by atoms with Gasteiger partial charge in [-0.2, -0.15) is 0 Å². The Balaban J connectivity index is 2.10. The minimum atomic E-state index is 0.427. The van der Waals surface area contributed by atoms with E-state index in [-0.39, 0.29) is 0 Å². The van der Waals surface area contributed by atoms with Crippen LogP contribution in [0.4, 0.5) is 0 Å².